The van der Waals surface area contributed by atoms with Crippen molar-refractivity contribution < 1.29 is 0 Å². The summed E-state index contributed by atoms with van der Waals surface area (Å²) in [6.45, 7) is 8.91. The highest BCUT2D eigenvalue weighted by atomic mass is 15.1. The van der Waals surface area contributed by atoms with Gasteiger partial charge in [0.05, 0.1) is 0 Å². The molecule has 0 aromatic carbocycles. The molecular formula is C12H21N. The molecule has 74 valence electrons. The molecule has 0 unspecified atom stereocenters. The second-order valence-electron chi connectivity index (χ2n) is 3.76. The zero-order chi connectivity index (χ0) is 9.68. The molecule has 0 atom stereocenters. The molecule has 0 N–H and O–H groups in total. The van der Waals surface area contributed by atoms with Gasteiger partial charge in [-0.25, -0.2) is 0 Å². The first-order valence-corrected chi connectivity index (χ1v) is 5.35. The molecule has 0 aliphatic heterocycles. The first kappa shape index (κ1) is 10.4. The Labute approximate surface area is 82.1 Å². The molecular weight excluding hydrogens is 158 g/mol. The van der Waals surface area contributed by atoms with Crippen molar-refractivity contribution in [1.29, 1.82) is 0 Å². The first-order chi connectivity index (χ1) is 6.26. The highest BCUT2D eigenvalue weighted by molar-refractivity contribution is 5.17. The van der Waals surface area contributed by atoms with Crippen LogP contribution in [0.15, 0.2) is 23.4 Å². The summed E-state index contributed by atoms with van der Waals surface area (Å²) < 4.78 is 0. The zero-order valence-electron chi connectivity index (χ0n) is 9.14. The van der Waals surface area contributed by atoms with Gasteiger partial charge < -0.3 is 4.90 Å². The Morgan fingerprint density at radius 1 is 1.31 bits per heavy atom. The van der Waals surface area contributed by atoms with E-state index in [-0.39, 0.29) is 0 Å². The SMILES string of the molecule is CCN(/C=C1/CC=C(C)CC1)CC. The van der Waals surface area contributed by atoms with E-state index in [2.05, 4.69) is 37.9 Å². The lowest BCUT2D eigenvalue weighted by Crippen LogP contribution is -2.16. The van der Waals surface area contributed by atoms with Gasteiger partial charge in [0.2, 0.25) is 0 Å². The molecule has 1 aliphatic rings. The molecule has 0 aromatic heterocycles. The van der Waals surface area contributed by atoms with Crippen molar-refractivity contribution in [2.75, 3.05) is 13.1 Å². The summed E-state index contributed by atoms with van der Waals surface area (Å²) in [6, 6.07) is 0. The van der Waals surface area contributed by atoms with Crippen LogP contribution in [0.1, 0.15) is 40.0 Å². The molecule has 0 spiro atoms. The van der Waals surface area contributed by atoms with Crippen LogP contribution < -0.4 is 0 Å². The van der Waals surface area contributed by atoms with Crippen molar-refractivity contribution in [2.24, 2.45) is 0 Å². The largest absolute Gasteiger partial charge is 0.378 e. The van der Waals surface area contributed by atoms with E-state index in [1.165, 1.54) is 19.3 Å². The number of rotatable bonds is 3. The van der Waals surface area contributed by atoms with Crippen molar-refractivity contribution in [2.45, 2.75) is 40.0 Å². The van der Waals surface area contributed by atoms with E-state index in [0.717, 1.165) is 13.1 Å². The number of hydrogen-bond donors (Lipinski definition) is 0. The van der Waals surface area contributed by atoms with E-state index in [4.69, 9.17) is 0 Å². The monoisotopic (exact) mass is 179 g/mol. The van der Waals surface area contributed by atoms with Crippen molar-refractivity contribution >= 4 is 0 Å². The molecule has 0 fully saturated rings. The number of allylic oxidation sites excluding steroid dienone is 3. The van der Waals surface area contributed by atoms with Crippen molar-refractivity contribution in [3.63, 3.8) is 0 Å². The molecule has 0 amide bonds. The smallest absolute Gasteiger partial charge is 0.0143 e. The molecule has 0 heterocycles. The first-order valence-electron chi connectivity index (χ1n) is 5.35. The van der Waals surface area contributed by atoms with Crippen LogP contribution in [0.2, 0.25) is 0 Å². The van der Waals surface area contributed by atoms with Crippen LogP contribution in [0.5, 0.6) is 0 Å². The van der Waals surface area contributed by atoms with Gasteiger partial charge in [-0.1, -0.05) is 17.2 Å². The van der Waals surface area contributed by atoms with Gasteiger partial charge in [0.15, 0.2) is 0 Å². The Bertz CT molecular complexity index is 209. The number of nitrogens with zero attached hydrogens (tertiary/aromatic N) is 1. The highest BCUT2D eigenvalue weighted by Crippen LogP contribution is 2.22. The molecule has 13 heavy (non-hydrogen) atoms. The predicted octanol–water partition coefficient (Wildman–Crippen LogP) is 3.34. The Morgan fingerprint density at radius 2 is 2.00 bits per heavy atom. The Hall–Kier alpha value is -0.720. The molecule has 0 bridgehead atoms. The molecule has 1 aliphatic carbocycles. The minimum absolute atomic E-state index is 1.13. The van der Waals surface area contributed by atoms with E-state index in [0.29, 0.717) is 0 Å². The fraction of sp³-hybridized carbons (Fsp3) is 0.667. The van der Waals surface area contributed by atoms with Crippen LogP contribution in [0, 0.1) is 0 Å². The van der Waals surface area contributed by atoms with Crippen molar-refractivity contribution in [3.05, 3.63) is 23.4 Å². The van der Waals surface area contributed by atoms with Gasteiger partial charge in [0, 0.05) is 13.1 Å². The highest BCUT2D eigenvalue weighted by Gasteiger charge is 2.05. The normalized spacial score (nSPS) is 20.2. The molecule has 0 aromatic rings. The van der Waals surface area contributed by atoms with Crippen LogP contribution in [-0.4, -0.2) is 18.0 Å². The third-order valence-electron chi connectivity index (χ3n) is 2.73. The summed E-state index contributed by atoms with van der Waals surface area (Å²) in [6.07, 6.45) is 8.40. The minimum Gasteiger partial charge on any atom is -0.378 e. The van der Waals surface area contributed by atoms with Crippen LogP contribution in [0.25, 0.3) is 0 Å². The van der Waals surface area contributed by atoms with E-state index in [9.17, 15) is 0 Å². The predicted molar refractivity (Wildman–Crippen MR) is 58.6 cm³/mol. The summed E-state index contributed by atoms with van der Waals surface area (Å²) in [4.78, 5) is 2.38. The average molecular weight is 179 g/mol. The second-order valence-corrected chi connectivity index (χ2v) is 3.76. The molecule has 1 rings (SSSR count). The molecule has 1 heteroatoms. The summed E-state index contributed by atoms with van der Waals surface area (Å²) in [5.74, 6) is 0. The third kappa shape index (κ3) is 3.25. The zero-order valence-corrected chi connectivity index (χ0v) is 9.14. The maximum Gasteiger partial charge on any atom is 0.0143 e. The van der Waals surface area contributed by atoms with E-state index >= 15 is 0 Å². The molecule has 0 radical (unpaired) electrons. The van der Waals surface area contributed by atoms with E-state index < -0.39 is 0 Å². The van der Waals surface area contributed by atoms with Gasteiger partial charge >= 0.3 is 0 Å². The van der Waals surface area contributed by atoms with Crippen LogP contribution in [-0.2, 0) is 0 Å². The van der Waals surface area contributed by atoms with Gasteiger partial charge in [-0.2, -0.15) is 0 Å². The summed E-state index contributed by atoms with van der Waals surface area (Å²) in [5, 5.41) is 0. The summed E-state index contributed by atoms with van der Waals surface area (Å²) in [7, 11) is 0. The van der Waals surface area contributed by atoms with Gasteiger partial charge in [-0.05, 0) is 46.2 Å². The van der Waals surface area contributed by atoms with Gasteiger partial charge in [-0.3, -0.25) is 0 Å². The van der Waals surface area contributed by atoms with Gasteiger partial charge in [-0.15, -0.1) is 0 Å². The Balaban J connectivity index is 2.52. The lowest BCUT2D eigenvalue weighted by atomic mass is 9.96. The fourth-order valence-electron chi connectivity index (χ4n) is 1.65. The van der Waals surface area contributed by atoms with Gasteiger partial charge in [0.25, 0.3) is 0 Å². The summed E-state index contributed by atoms with van der Waals surface area (Å²) in [5.41, 5.74) is 3.14. The maximum absolute atomic E-state index is 2.38. The van der Waals surface area contributed by atoms with E-state index in [1.54, 1.807) is 11.1 Å². The van der Waals surface area contributed by atoms with Gasteiger partial charge in [0.1, 0.15) is 0 Å². The van der Waals surface area contributed by atoms with Crippen molar-refractivity contribution in [3.8, 4) is 0 Å². The lowest BCUT2D eigenvalue weighted by molar-refractivity contribution is 0.413. The van der Waals surface area contributed by atoms with Crippen LogP contribution in [0.4, 0.5) is 0 Å². The fourth-order valence-corrected chi connectivity index (χ4v) is 1.65. The molecule has 1 nitrogen and oxygen atoms in total. The Kier molecular flexibility index (Phi) is 4.07. The summed E-state index contributed by atoms with van der Waals surface area (Å²) >= 11 is 0. The van der Waals surface area contributed by atoms with Crippen LogP contribution >= 0.6 is 0 Å². The minimum atomic E-state index is 1.13. The Morgan fingerprint density at radius 3 is 2.46 bits per heavy atom. The number of hydrogen-bond acceptors (Lipinski definition) is 1. The second kappa shape index (κ2) is 5.11. The topological polar surface area (TPSA) is 3.24 Å². The quantitative estimate of drug-likeness (QED) is 0.601. The molecule has 0 saturated heterocycles. The van der Waals surface area contributed by atoms with E-state index in [1.807, 2.05) is 0 Å². The average Bonchev–Trinajstić information content (AvgIpc) is 2.17. The lowest BCUT2D eigenvalue weighted by Gasteiger charge is -2.20. The standard InChI is InChI=1S/C12H21N/c1-4-13(5-2)10-12-8-6-11(3)7-9-12/h6,10H,4-5,7-9H2,1-3H3/b12-10-. The van der Waals surface area contributed by atoms with Crippen molar-refractivity contribution in [1.82, 2.24) is 4.90 Å². The third-order valence-corrected chi connectivity index (χ3v) is 2.73. The van der Waals surface area contributed by atoms with Crippen LogP contribution in [0.3, 0.4) is 0 Å². The molecule has 0 saturated carbocycles. The maximum atomic E-state index is 2.38.